The summed E-state index contributed by atoms with van der Waals surface area (Å²) < 4.78 is 10.7. The SMILES string of the molecule is CCN(C)CCNC(=NC)NCCCOCc1ccco1.I. The Kier molecular flexibility index (Phi) is 13.3. The molecule has 1 rings (SSSR count). The number of furan rings is 1. The van der Waals surface area contributed by atoms with Gasteiger partial charge in [-0.15, -0.1) is 24.0 Å². The summed E-state index contributed by atoms with van der Waals surface area (Å²) in [4.78, 5) is 6.44. The van der Waals surface area contributed by atoms with Gasteiger partial charge in [-0.3, -0.25) is 4.99 Å². The lowest BCUT2D eigenvalue weighted by Crippen LogP contribution is -2.41. The maximum Gasteiger partial charge on any atom is 0.191 e. The zero-order valence-corrected chi connectivity index (χ0v) is 16.1. The van der Waals surface area contributed by atoms with E-state index in [2.05, 4.69) is 34.5 Å². The Morgan fingerprint density at radius 1 is 1.36 bits per heavy atom. The predicted molar refractivity (Wildman–Crippen MR) is 101 cm³/mol. The van der Waals surface area contributed by atoms with Crippen molar-refractivity contribution >= 4 is 29.9 Å². The van der Waals surface area contributed by atoms with Crippen LogP contribution in [0.2, 0.25) is 0 Å². The number of hydrogen-bond donors (Lipinski definition) is 2. The smallest absolute Gasteiger partial charge is 0.191 e. The van der Waals surface area contributed by atoms with Crippen molar-refractivity contribution < 1.29 is 9.15 Å². The molecule has 0 radical (unpaired) electrons. The average Bonchev–Trinajstić information content (AvgIpc) is 3.01. The van der Waals surface area contributed by atoms with Crippen LogP contribution in [-0.2, 0) is 11.3 Å². The molecule has 0 saturated heterocycles. The summed E-state index contributed by atoms with van der Waals surface area (Å²) in [6, 6.07) is 3.78. The standard InChI is InChI=1S/C15H28N4O2.HI/c1-4-19(3)10-9-18-15(16-2)17-8-6-11-20-13-14-7-5-12-21-14;/h5,7,12H,4,6,8-11,13H2,1-3H3,(H2,16,17,18);1H. The number of ether oxygens (including phenoxy) is 1. The maximum absolute atomic E-state index is 5.52. The highest BCUT2D eigenvalue weighted by Gasteiger charge is 1.99. The molecule has 1 aromatic rings. The molecule has 128 valence electrons. The lowest BCUT2D eigenvalue weighted by Gasteiger charge is -2.16. The van der Waals surface area contributed by atoms with Gasteiger partial charge in [-0.1, -0.05) is 6.92 Å². The van der Waals surface area contributed by atoms with E-state index in [1.54, 1.807) is 13.3 Å². The largest absolute Gasteiger partial charge is 0.467 e. The van der Waals surface area contributed by atoms with E-state index in [0.29, 0.717) is 13.2 Å². The second-order valence-corrected chi connectivity index (χ2v) is 4.81. The van der Waals surface area contributed by atoms with Gasteiger partial charge in [0.1, 0.15) is 12.4 Å². The first-order chi connectivity index (χ1) is 10.3. The van der Waals surface area contributed by atoms with Gasteiger partial charge in [0.05, 0.1) is 6.26 Å². The number of rotatable bonds is 10. The Balaban J connectivity index is 0.00000441. The number of aliphatic imine (C=N–C) groups is 1. The highest BCUT2D eigenvalue weighted by molar-refractivity contribution is 14.0. The van der Waals surface area contributed by atoms with E-state index < -0.39 is 0 Å². The van der Waals surface area contributed by atoms with E-state index in [1.807, 2.05) is 12.1 Å². The van der Waals surface area contributed by atoms with Crippen LogP contribution in [0.3, 0.4) is 0 Å². The van der Waals surface area contributed by atoms with Crippen molar-refractivity contribution in [2.45, 2.75) is 20.0 Å². The number of likely N-dealkylation sites (N-methyl/N-ethyl adjacent to an activating group) is 1. The van der Waals surface area contributed by atoms with Crippen LogP contribution in [0.4, 0.5) is 0 Å². The lowest BCUT2D eigenvalue weighted by molar-refractivity contribution is 0.105. The van der Waals surface area contributed by atoms with E-state index in [0.717, 1.165) is 44.3 Å². The van der Waals surface area contributed by atoms with Crippen molar-refractivity contribution in [3.05, 3.63) is 24.2 Å². The number of hydrogen-bond acceptors (Lipinski definition) is 4. The monoisotopic (exact) mass is 424 g/mol. The van der Waals surface area contributed by atoms with Gasteiger partial charge < -0.3 is 24.7 Å². The Morgan fingerprint density at radius 3 is 2.77 bits per heavy atom. The molecule has 0 atom stereocenters. The molecule has 1 aromatic heterocycles. The van der Waals surface area contributed by atoms with Gasteiger partial charge in [0, 0.05) is 33.3 Å². The fourth-order valence-corrected chi connectivity index (χ4v) is 1.69. The highest BCUT2D eigenvalue weighted by atomic mass is 127. The average molecular weight is 424 g/mol. The molecule has 0 spiro atoms. The summed E-state index contributed by atoms with van der Waals surface area (Å²) in [6.07, 6.45) is 2.59. The van der Waals surface area contributed by atoms with Crippen LogP contribution in [0.15, 0.2) is 27.8 Å². The molecular formula is C15H29IN4O2. The van der Waals surface area contributed by atoms with E-state index in [9.17, 15) is 0 Å². The van der Waals surface area contributed by atoms with Crippen LogP contribution < -0.4 is 10.6 Å². The molecule has 0 fully saturated rings. The van der Waals surface area contributed by atoms with Gasteiger partial charge in [-0.25, -0.2) is 0 Å². The van der Waals surface area contributed by atoms with Crippen molar-refractivity contribution in [3.8, 4) is 0 Å². The minimum Gasteiger partial charge on any atom is -0.467 e. The molecule has 2 N–H and O–H groups in total. The number of nitrogens with one attached hydrogen (secondary N) is 2. The van der Waals surface area contributed by atoms with Gasteiger partial charge in [-0.2, -0.15) is 0 Å². The van der Waals surface area contributed by atoms with Crippen molar-refractivity contribution in [1.29, 1.82) is 0 Å². The molecule has 0 aromatic carbocycles. The van der Waals surface area contributed by atoms with Crippen molar-refractivity contribution in [2.75, 3.05) is 46.9 Å². The normalized spacial score (nSPS) is 11.4. The van der Waals surface area contributed by atoms with Crippen LogP contribution in [0.25, 0.3) is 0 Å². The van der Waals surface area contributed by atoms with Crippen LogP contribution in [0.1, 0.15) is 19.1 Å². The van der Waals surface area contributed by atoms with Crippen LogP contribution >= 0.6 is 24.0 Å². The molecule has 0 bridgehead atoms. The minimum atomic E-state index is 0. The summed E-state index contributed by atoms with van der Waals surface area (Å²) in [5.41, 5.74) is 0. The van der Waals surface area contributed by atoms with Gasteiger partial charge in [0.15, 0.2) is 5.96 Å². The maximum atomic E-state index is 5.52. The third-order valence-corrected chi connectivity index (χ3v) is 3.13. The molecule has 22 heavy (non-hydrogen) atoms. The van der Waals surface area contributed by atoms with Crippen LogP contribution in [0.5, 0.6) is 0 Å². The molecule has 6 nitrogen and oxygen atoms in total. The van der Waals surface area contributed by atoms with Gasteiger partial charge in [0.2, 0.25) is 0 Å². The molecule has 7 heteroatoms. The Labute approximate surface area is 150 Å². The fraction of sp³-hybridized carbons (Fsp3) is 0.667. The lowest BCUT2D eigenvalue weighted by atomic mass is 10.4. The third-order valence-electron chi connectivity index (χ3n) is 3.13. The molecular weight excluding hydrogens is 395 g/mol. The number of halogens is 1. The molecule has 0 unspecified atom stereocenters. The second-order valence-electron chi connectivity index (χ2n) is 4.81. The molecule has 0 saturated carbocycles. The van der Waals surface area contributed by atoms with Crippen molar-refractivity contribution in [3.63, 3.8) is 0 Å². The van der Waals surface area contributed by atoms with Crippen molar-refractivity contribution in [2.24, 2.45) is 4.99 Å². The predicted octanol–water partition coefficient (Wildman–Crippen LogP) is 1.92. The molecule has 0 aliphatic carbocycles. The highest BCUT2D eigenvalue weighted by Crippen LogP contribution is 2.01. The fourth-order valence-electron chi connectivity index (χ4n) is 1.69. The Morgan fingerprint density at radius 2 is 2.14 bits per heavy atom. The second kappa shape index (κ2) is 13.8. The molecule has 0 aliphatic rings. The molecule has 0 amide bonds. The molecule has 1 heterocycles. The Hall–Kier alpha value is -0.800. The number of guanidine groups is 1. The summed E-state index contributed by atoms with van der Waals surface area (Å²) in [5.74, 6) is 1.70. The Bertz CT molecular complexity index is 385. The van der Waals surface area contributed by atoms with E-state index in [-0.39, 0.29) is 24.0 Å². The first-order valence-electron chi connectivity index (χ1n) is 7.49. The summed E-state index contributed by atoms with van der Waals surface area (Å²) in [5, 5.41) is 6.56. The van der Waals surface area contributed by atoms with Gasteiger partial charge in [-0.05, 0) is 32.1 Å². The summed E-state index contributed by atoms with van der Waals surface area (Å²) in [7, 11) is 3.89. The van der Waals surface area contributed by atoms with E-state index in [4.69, 9.17) is 9.15 Å². The van der Waals surface area contributed by atoms with E-state index in [1.165, 1.54) is 0 Å². The minimum absolute atomic E-state index is 0. The topological polar surface area (TPSA) is 62.0 Å². The first-order valence-corrected chi connectivity index (χ1v) is 7.49. The van der Waals surface area contributed by atoms with E-state index >= 15 is 0 Å². The molecule has 0 aliphatic heterocycles. The quantitative estimate of drug-likeness (QED) is 0.260. The van der Waals surface area contributed by atoms with Gasteiger partial charge in [0.25, 0.3) is 0 Å². The number of nitrogens with zero attached hydrogens (tertiary/aromatic N) is 2. The van der Waals surface area contributed by atoms with Crippen molar-refractivity contribution in [1.82, 2.24) is 15.5 Å². The zero-order chi connectivity index (χ0) is 15.3. The summed E-state index contributed by atoms with van der Waals surface area (Å²) >= 11 is 0. The van der Waals surface area contributed by atoms with Crippen LogP contribution in [0, 0.1) is 0 Å². The first kappa shape index (κ1) is 21.2. The van der Waals surface area contributed by atoms with Crippen LogP contribution in [-0.4, -0.2) is 57.7 Å². The zero-order valence-electron chi connectivity index (χ0n) is 13.8. The van der Waals surface area contributed by atoms with Gasteiger partial charge >= 0.3 is 0 Å². The third kappa shape index (κ3) is 10.0. The summed E-state index contributed by atoms with van der Waals surface area (Å²) in [6.45, 7) is 7.16.